The maximum Gasteiger partial charge on any atom is 0.0690 e. The molecule has 0 fully saturated rings. The van der Waals surface area contributed by atoms with Gasteiger partial charge in [0, 0.05) is 32.1 Å². The van der Waals surface area contributed by atoms with Gasteiger partial charge in [-0.05, 0) is 23.6 Å². The molecule has 0 aliphatic heterocycles. The average molecular weight is 273 g/mol. The first kappa shape index (κ1) is 14.8. The summed E-state index contributed by atoms with van der Waals surface area (Å²) in [7, 11) is 1.74. The van der Waals surface area contributed by atoms with Crippen LogP contribution in [0.4, 0.5) is 0 Å². The minimum Gasteiger partial charge on any atom is -0.383 e. The van der Waals surface area contributed by atoms with Gasteiger partial charge in [0.1, 0.15) is 0 Å². The van der Waals surface area contributed by atoms with Crippen molar-refractivity contribution in [3.05, 3.63) is 48.3 Å². The van der Waals surface area contributed by atoms with Gasteiger partial charge in [-0.3, -0.25) is 0 Å². The van der Waals surface area contributed by atoms with Crippen LogP contribution in [0.2, 0.25) is 0 Å². The second kappa shape index (κ2) is 7.22. The summed E-state index contributed by atoms with van der Waals surface area (Å²) in [6, 6.07) is 10.6. The molecule has 4 nitrogen and oxygen atoms in total. The largest absolute Gasteiger partial charge is 0.383 e. The molecular weight excluding hydrogens is 250 g/mol. The Labute approximate surface area is 120 Å². The van der Waals surface area contributed by atoms with Gasteiger partial charge in [0.25, 0.3) is 0 Å². The van der Waals surface area contributed by atoms with Crippen molar-refractivity contribution in [1.82, 2.24) is 15.1 Å². The first-order valence-corrected chi connectivity index (χ1v) is 7.02. The normalized spacial score (nSPS) is 12.8. The van der Waals surface area contributed by atoms with Crippen molar-refractivity contribution in [2.75, 3.05) is 13.7 Å². The van der Waals surface area contributed by atoms with Crippen LogP contribution in [0.5, 0.6) is 0 Å². The molecule has 1 atom stereocenters. The Hall–Kier alpha value is -1.65. The van der Waals surface area contributed by atoms with Crippen LogP contribution in [0.15, 0.2) is 42.7 Å². The Balaban J connectivity index is 2.10. The molecule has 1 aromatic heterocycles. The Morgan fingerprint density at radius 3 is 2.70 bits per heavy atom. The third-order valence-corrected chi connectivity index (χ3v) is 3.45. The van der Waals surface area contributed by atoms with E-state index in [4.69, 9.17) is 4.74 Å². The number of hydrogen-bond donors (Lipinski definition) is 1. The molecule has 20 heavy (non-hydrogen) atoms. The number of aromatic nitrogens is 2. The third-order valence-electron chi connectivity index (χ3n) is 3.45. The molecule has 0 bridgehead atoms. The number of methoxy groups -OCH3 is 1. The summed E-state index contributed by atoms with van der Waals surface area (Å²) in [5.41, 5.74) is 2.35. The average Bonchev–Trinajstić information content (AvgIpc) is 2.97. The zero-order chi connectivity index (χ0) is 14.4. The zero-order valence-electron chi connectivity index (χ0n) is 12.4. The molecule has 4 heteroatoms. The van der Waals surface area contributed by atoms with Crippen molar-refractivity contribution < 1.29 is 4.74 Å². The molecule has 0 spiro atoms. The number of ether oxygens (including phenoxy) is 1. The second-order valence-electron chi connectivity index (χ2n) is 5.27. The fourth-order valence-corrected chi connectivity index (χ4v) is 2.20. The van der Waals surface area contributed by atoms with E-state index in [1.807, 2.05) is 23.0 Å². The number of rotatable bonds is 7. The number of benzene rings is 1. The van der Waals surface area contributed by atoms with Gasteiger partial charge in [0.2, 0.25) is 0 Å². The van der Waals surface area contributed by atoms with Crippen LogP contribution >= 0.6 is 0 Å². The van der Waals surface area contributed by atoms with Crippen LogP contribution in [0, 0.1) is 5.92 Å². The Morgan fingerprint density at radius 2 is 2.05 bits per heavy atom. The molecule has 108 valence electrons. The summed E-state index contributed by atoms with van der Waals surface area (Å²) in [5.74, 6) is 0.534. The molecule has 0 aliphatic rings. The fourth-order valence-electron chi connectivity index (χ4n) is 2.20. The second-order valence-corrected chi connectivity index (χ2v) is 5.27. The predicted molar refractivity (Wildman–Crippen MR) is 80.9 cm³/mol. The van der Waals surface area contributed by atoms with Gasteiger partial charge in [-0.25, -0.2) is 4.68 Å². The molecule has 0 saturated heterocycles. The summed E-state index contributed by atoms with van der Waals surface area (Å²) >= 11 is 0. The summed E-state index contributed by atoms with van der Waals surface area (Å²) < 4.78 is 7.18. The minimum absolute atomic E-state index is 0.352. The van der Waals surface area contributed by atoms with E-state index in [0.29, 0.717) is 12.0 Å². The Bertz CT molecular complexity index is 508. The van der Waals surface area contributed by atoms with Crippen molar-refractivity contribution in [1.29, 1.82) is 0 Å². The SMILES string of the molecule is COCC(NCc1ccccc1-n1cccn1)C(C)C. The number of nitrogens with zero attached hydrogens (tertiary/aromatic N) is 2. The van der Waals surface area contributed by atoms with E-state index in [9.17, 15) is 0 Å². The van der Waals surface area contributed by atoms with Crippen LogP contribution in [0.25, 0.3) is 5.69 Å². The van der Waals surface area contributed by atoms with Crippen molar-refractivity contribution in [3.8, 4) is 5.69 Å². The number of para-hydroxylation sites is 1. The van der Waals surface area contributed by atoms with Crippen LogP contribution in [-0.2, 0) is 11.3 Å². The Morgan fingerprint density at radius 1 is 1.25 bits per heavy atom. The van der Waals surface area contributed by atoms with E-state index < -0.39 is 0 Å². The van der Waals surface area contributed by atoms with Crippen LogP contribution < -0.4 is 5.32 Å². The molecule has 0 aliphatic carbocycles. The van der Waals surface area contributed by atoms with Crippen molar-refractivity contribution in [3.63, 3.8) is 0 Å². The monoisotopic (exact) mass is 273 g/mol. The molecule has 1 N–H and O–H groups in total. The van der Waals surface area contributed by atoms with Gasteiger partial charge in [-0.1, -0.05) is 32.0 Å². The van der Waals surface area contributed by atoms with Crippen LogP contribution in [0.3, 0.4) is 0 Å². The molecule has 1 heterocycles. The lowest BCUT2D eigenvalue weighted by Crippen LogP contribution is -2.37. The van der Waals surface area contributed by atoms with Gasteiger partial charge >= 0.3 is 0 Å². The maximum atomic E-state index is 5.28. The Kier molecular flexibility index (Phi) is 5.32. The van der Waals surface area contributed by atoms with Gasteiger partial charge in [0.15, 0.2) is 0 Å². The number of nitrogens with one attached hydrogen (secondary N) is 1. The molecule has 2 aromatic rings. The van der Waals surface area contributed by atoms with Crippen LogP contribution in [0.1, 0.15) is 19.4 Å². The molecule has 2 rings (SSSR count). The lowest BCUT2D eigenvalue weighted by atomic mass is 10.0. The molecular formula is C16H23N3O. The highest BCUT2D eigenvalue weighted by Gasteiger charge is 2.13. The number of hydrogen-bond acceptors (Lipinski definition) is 3. The highest BCUT2D eigenvalue weighted by molar-refractivity contribution is 5.40. The third kappa shape index (κ3) is 3.68. The molecule has 1 unspecified atom stereocenters. The first-order chi connectivity index (χ1) is 9.72. The van der Waals surface area contributed by atoms with Gasteiger partial charge in [-0.2, -0.15) is 5.10 Å². The van der Waals surface area contributed by atoms with E-state index in [-0.39, 0.29) is 0 Å². The molecule has 0 radical (unpaired) electrons. The fraction of sp³-hybridized carbons (Fsp3) is 0.438. The van der Waals surface area contributed by atoms with Gasteiger partial charge < -0.3 is 10.1 Å². The quantitative estimate of drug-likeness (QED) is 0.843. The standard InChI is InChI=1S/C16H23N3O/c1-13(2)15(12-20-3)17-11-14-7-4-5-8-16(14)19-10-6-9-18-19/h4-10,13,15,17H,11-12H2,1-3H3. The molecule has 0 saturated carbocycles. The van der Waals surface area contributed by atoms with Crippen LogP contribution in [-0.4, -0.2) is 29.5 Å². The lowest BCUT2D eigenvalue weighted by Gasteiger charge is -2.22. The van der Waals surface area contributed by atoms with Crippen molar-refractivity contribution in [2.45, 2.75) is 26.4 Å². The minimum atomic E-state index is 0.352. The van der Waals surface area contributed by atoms with E-state index in [0.717, 1.165) is 18.8 Å². The highest BCUT2D eigenvalue weighted by Crippen LogP contribution is 2.14. The predicted octanol–water partition coefficient (Wildman–Crippen LogP) is 2.63. The van der Waals surface area contributed by atoms with Gasteiger partial charge in [0.05, 0.1) is 12.3 Å². The lowest BCUT2D eigenvalue weighted by molar-refractivity contribution is 0.146. The summed E-state index contributed by atoms with van der Waals surface area (Å²) in [6.45, 7) is 5.94. The smallest absolute Gasteiger partial charge is 0.0690 e. The van der Waals surface area contributed by atoms with E-state index in [1.54, 1.807) is 13.3 Å². The van der Waals surface area contributed by atoms with Crippen molar-refractivity contribution in [2.24, 2.45) is 5.92 Å². The van der Waals surface area contributed by atoms with E-state index in [2.05, 4.69) is 42.5 Å². The highest BCUT2D eigenvalue weighted by atomic mass is 16.5. The van der Waals surface area contributed by atoms with E-state index in [1.165, 1.54) is 5.56 Å². The molecule has 0 amide bonds. The van der Waals surface area contributed by atoms with Gasteiger partial charge in [-0.15, -0.1) is 0 Å². The first-order valence-electron chi connectivity index (χ1n) is 7.02. The summed E-state index contributed by atoms with van der Waals surface area (Å²) in [4.78, 5) is 0. The maximum absolute atomic E-state index is 5.28. The summed E-state index contributed by atoms with van der Waals surface area (Å²) in [5, 5.41) is 7.88. The van der Waals surface area contributed by atoms with Crippen molar-refractivity contribution >= 4 is 0 Å². The topological polar surface area (TPSA) is 39.1 Å². The van der Waals surface area contributed by atoms with E-state index >= 15 is 0 Å². The zero-order valence-corrected chi connectivity index (χ0v) is 12.4. The molecule has 1 aromatic carbocycles. The summed E-state index contributed by atoms with van der Waals surface area (Å²) in [6.07, 6.45) is 3.76.